The number of anilines is 1. The monoisotopic (exact) mass is 371 g/mol. The third-order valence-corrected chi connectivity index (χ3v) is 4.49. The molecule has 1 fully saturated rings. The number of fused-ring (bicyclic) bond motifs is 1. The van der Waals surface area contributed by atoms with E-state index in [0.717, 1.165) is 36.2 Å². The zero-order valence-electron chi connectivity index (χ0n) is 15.3. The van der Waals surface area contributed by atoms with Crippen molar-refractivity contribution in [2.45, 2.75) is 45.6 Å². The Kier molecular flexibility index (Phi) is 3.94. The van der Waals surface area contributed by atoms with Gasteiger partial charge in [0, 0.05) is 42.7 Å². The van der Waals surface area contributed by atoms with E-state index < -0.39 is 11.7 Å². The number of alkyl halides is 2. The number of hydrogen-bond donors (Lipinski definition) is 1. The van der Waals surface area contributed by atoms with Crippen LogP contribution in [0.2, 0.25) is 0 Å². The van der Waals surface area contributed by atoms with E-state index in [9.17, 15) is 13.6 Å². The minimum atomic E-state index is -3.13. The van der Waals surface area contributed by atoms with Crippen molar-refractivity contribution < 1.29 is 13.6 Å². The van der Waals surface area contributed by atoms with Crippen molar-refractivity contribution in [2.75, 3.05) is 5.32 Å². The first-order valence-corrected chi connectivity index (χ1v) is 8.75. The molecule has 1 N–H and O–H groups in total. The SMILES string of the molecule is CC(=O)Nc1cc2c(-c3cc(C)nc(C(C)(F)F)n3)cn(C3CC3)c2cn1. The molecule has 0 aliphatic heterocycles. The van der Waals surface area contributed by atoms with Crippen LogP contribution in [0.1, 0.15) is 44.2 Å². The number of carbonyl (C=O) groups excluding carboxylic acids is 1. The topological polar surface area (TPSA) is 72.7 Å². The van der Waals surface area contributed by atoms with E-state index in [1.54, 1.807) is 25.3 Å². The Morgan fingerprint density at radius 1 is 1.30 bits per heavy atom. The van der Waals surface area contributed by atoms with Gasteiger partial charge in [0.25, 0.3) is 0 Å². The van der Waals surface area contributed by atoms with E-state index in [0.29, 0.717) is 23.2 Å². The maximum absolute atomic E-state index is 13.8. The fourth-order valence-corrected chi connectivity index (χ4v) is 3.16. The average Bonchev–Trinajstić information content (AvgIpc) is 3.34. The molecule has 4 rings (SSSR count). The van der Waals surface area contributed by atoms with E-state index in [2.05, 4.69) is 24.8 Å². The second-order valence-corrected chi connectivity index (χ2v) is 7.06. The van der Waals surface area contributed by atoms with Crippen LogP contribution in [0.3, 0.4) is 0 Å². The van der Waals surface area contributed by atoms with E-state index in [-0.39, 0.29) is 5.91 Å². The Bertz CT molecular complexity index is 1050. The number of aromatic nitrogens is 4. The Morgan fingerprint density at radius 3 is 2.67 bits per heavy atom. The van der Waals surface area contributed by atoms with Gasteiger partial charge in [-0.15, -0.1) is 0 Å². The molecule has 0 radical (unpaired) electrons. The molecule has 0 aromatic carbocycles. The molecule has 6 nitrogen and oxygen atoms in total. The van der Waals surface area contributed by atoms with Gasteiger partial charge in [-0.3, -0.25) is 4.79 Å². The quantitative estimate of drug-likeness (QED) is 0.746. The summed E-state index contributed by atoms with van der Waals surface area (Å²) in [5.41, 5.74) is 2.52. The normalized spacial score (nSPS) is 14.6. The standard InChI is InChI=1S/C19H19F2N5O/c1-10-6-15(25-18(23-10)19(3,20)21)14-9-26(12-4-5-12)16-8-22-17(7-13(14)16)24-11(2)27/h6-9,12H,4-5H2,1-3H3,(H,22,24,27). The largest absolute Gasteiger partial charge is 0.342 e. The van der Waals surface area contributed by atoms with Gasteiger partial charge in [-0.05, 0) is 31.9 Å². The molecular formula is C19H19F2N5O. The lowest BCUT2D eigenvalue weighted by atomic mass is 10.1. The van der Waals surface area contributed by atoms with Crippen molar-refractivity contribution in [3.63, 3.8) is 0 Å². The Balaban J connectivity index is 1.93. The van der Waals surface area contributed by atoms with Crippen LogP contribution in [-0.2, 0) is 10.7 Å². The summed E-state index contributed by atoms with van der Waals surface area (Å²) in [5, 5.41) is 3.47. The smallest absolute Gasteiger partial charge is 0.303 e. The van der Waals surface area contributed by atoms with Crippen LogP contribution in [-0.4, -0.2) is 25.4 Å². The second kappa shape index (κ2) is 6.07. The highest BCUT2D eigenvalue weighted by atomic mass is 19.3. The summed E-state index contributed by atoms with van der Waals surface area (Å²) in [6, 6.07) is 3.83. The second-order valence-electron chi connectivity index (χ2n) is 7.06. The Morgan fingerprint density at radius 2 is 2.04 bits per heavy atom. The third-order valence-electron chi connectivity index (χ3n) is 4.49. The van der Waals surface area contributed by atoms with Crippen molar-refractivity contribution >= 4 is 22.6 Å². The first-order valence-electron chi connectivity index (χ1n) is 8.75. The van der Waals surface area contributed by atoms with Crippen LogP contribution in [0.5, 0.6) is 0 Å². The fraction of sp³-hybridized carbons (Fsp3) is 0.368. The van der Waals surface area contributed by atoms with Crippen molar-refractivity contribution in [1.29, 1.82) is 0 Å². The average molecular weight is 371 g/mol. The lowest BCUT2D eigenvalue weighted by Gasteiger charge is -2.11. The molecule has 0 saturated heterocycles. The highest BCUT2D eigenvalue weighted by molar-refractivity contribution is 5.98. The molecule has 3 aromatic heterocycles. The van der Waals surface area contributed by atoms with E-state index >= 15 is 0 Å². The number of pyridine rings is 1. The predicted octanol–water partition coefficient (Wildman–Crippen LogP) is 4.21. The minimum absolute atomic E-state index is 0.226. The molecular weight excluding hydrogens is 352 g/mol. The molecule has 1 amide bonds. The lowest BCUT2D eigenvalue weighted by Crippen LogP contribution is -2.13. The van der Waals surface area contributed by atoms with Crippen LogP contribution in [0.15, 0.2) is 24.5 Å². The summed E-state index contributed by atoms with van der Waals surface area (Å²) in [6.07, 6.45) is 5.77. The van der Waals surface area contributed by atoms with E-state index in [4.69, 9.17) is 0 Å². The molecule has 1 aliphatic rings. The number of hydrogen-bond acceptors (Lipinski definition) is 4. The van der Waals surface area contributed by atoms with Gasteiger partial charge >= 0.3 is 5.92 Å². The zero-order chi connectivity index (χ0) is 19.3. The number of nitrogens with one attached hydrogen (secondary N) is 1. The number of aryl methyl sites for hydroxylation is 1. The van der Waals surface area contributed by atoms with Gasteiger partial charge in [-0.2, -0.15) is 8.78 Å². The molecule has 0 unspecified atom stereocenters. The van der Waals surface area contributed by atoms with Crippen molar-refractivity contribution in [3.05, 3.63) is 36.0 Å². The number of amides is 1. The highest BCUT2D eigenvalue weighted by Gasteiger charge is 2.30. The van der Waals surface area contributed by atoms with E-state index in [1.165, 1.54) is 6.92 Å². The molecule has 0 spiro atoms. The molecule has 0 atom stereocenters. The fourth-order valence-electron chi connectivity index (χ4n) is 3.16. The first-order chi connectivity index (χ1) is 12.7. The lowest BCUT2D eigenvalue weighted by molar-refractivity contribution is -0.114. The van der Waals surface area contributed by atoms with Crippen LogP contribution in [0.25, 0.3) is 22.2 Å². The van der Waals surface area contributed by atoms with Crippen LogP contribution >= 0.6 is 0 Å². The summed E-state index contributed by atoms with van der Waals surface area (Å²) >= 11 is 0. The number of carbonyl (C=O) groups is 1. The van der Waals surface area contributed by atoms with Crippen molar-refractivity contribution in [3.8, 4) is 11.3 Å². The third kappa shape index (κ3) is 3.39. The van der Waals surface area contributed by atoms with Crippen molar-refractivity contribution in [1.82, 2.24) is 19.5 Å². The molecule has 1 aliphatic carbocycles. The molecule has 0 bridgehead atoms. The zero-order valence-corrected chi connectivity index (χ0v) is 15.3. The van der Waals surface area contributed by atoms with Gasteiger partial charge < -0.3 is 9.88 Å². The maximum atomic E-state index is 13.8. The van der Waals surface area contributed by atoms with Gasteiger partial charge in [0.2, 0.25) is 5.91 Å². The number of halogens is 2. The number of nitrogens with zero attached hydrogens (tertiary/aromatic N) is 4. The summed E-state index contributed by atoms with van der Waals surface area (Å²) in [7, 11) is 0. The molecule has 140 valence electrons. The van der Waals surface area contributed by atoms with Crippen molar-refractivity contribution in [2.24, 2.45) is 0 Å². The number of rotatable bonds is 4. The molecule has 3 heterocycles. The Labute approximate surface area is 154 Å². The first kappa shape index (κ1) is 17.5. The van der Waals surface area contributed by atoms with Gasteiger partial charge in [0.1, 0.15) is 5.82 Å². The van der Waals surface area contributed by atoms with Gasteiger partial charge in [-0.25, -0.2) is 15.0 Å². The maximum Gasteiger partial charge on any atom is 0.303 e. The minimum Gasteiger partial charge on any atom is -0.342 e. The summed E-state index contributed by atoms with van der Waals surface area (Å²) in [6.45, 7) is 3.87. The highest BCUT2D eigenvalue weighted by Crippen LogP contribution is 2.41. The molecule has 3 aromatic rings. The van der Waals surface area contributed by atoms with Crippen LogP contribution in [0, 0.1) is 6.92 Å². The summed E-state index contributed by atoms with van der Waals surface area (Å²) in [5.74, 6) is -3.44. The van der Waals surface area contributed by atoms with Crippen LogP contribution in [0.4, 0.5) is 14.6 Å². The summed E-state index contributed by atoms with van der Waals surface area (Å²) < 4.78 is 29.7. The molecule has 8 heteroatoms. The van der Waals surface area contributed by atoms with Gasteiger partial charge in [-0.1, -0.05) is 0 Å². The van der Waals surface area contributed by atoms with Gasteiger partial charge in [0.05, 0.1) is 17.4 Å². The van der Waals surface area contributed by atoms with E-state index in [1.807, 2.05) is 6.20 Å². The predicted molar refractivity (Wildman–Crippen MR) is 97.6 cm³/mol. The Hall–Kier alpha value is -2.90. The summed E-state index contributed by atoms with van der Waals surface area (Å²) in [4.78, 5) is 23.7. The molecule has 27 heavy (non-hydrogen) atoms. The van der Waals surface area contributed by atoms with Gasteiger partial charge in [0.15, 0.2) is 5.82 Å². The molecule has 1 saturated carbocycles. The van der Waals surface area contributed by atoms with Crippen LogP contribution < -0.4 is 5.32 Å².